The Morgan fingerprint density at radius 1 is 1.61 bits per heavy atom. The van der Waals surface area contributed by atoms with Crippen LogP contribution in [0.3, 0.4) is 0 Å². The predicted octanol–water partition coefficient (Wildman–Crippen LogP) is 0.285. The van der Waals surface area contributed by atoms with E-state index >= 15 is 0 Å². The van der Waals surface area contributed by atoms with E-state index in [1.165, 1.54) is 6.26 Å². The molecule has 0 spiro atoms. The first-order valence-electron chi connectivity index (χ1n) is 6.05. The normalized spacial score (nSPS) is 31.6. The van der Waals surface area contributed by atoms with Gasteiger partial charge in [0, 0.05) is 19.3 Å². The molecule has 1 saturated heterocycles. The van der Waals surface area contributed by atoms with Crippen molar-refractivity contribution in [1.82, 2.24) is 0 Å². The molecule has 18 heavy (non-hydrogen) atoms. The number of aliphatic hydroxyl groups is 1. The summed E-state index contributed by atoms with van der Waals surface area (Å²) in [4.78, 5) is 0. The zero-order valence-electron chi connectivity index (χ0n) is 10.7. The highest BCUT2D eigenvalue weighted by molar-refractivity contribution is 8.00. The van der Waals surface area contributed by atoms with Crippen LogP contribution in [0.5, 0.6) is 0 Å². The van der Waals surface area contributed by atoms with Crippen LogP contribution >= 0.6 is 0 Å². The van der Waals surface area contributed by atoms with Gasteiger partial charge in [0.05, 0.1) is 18.8 Å². The van der Waals surface area contributed by atoms with Crippen LogP contribution in [0, 0.1) is 12.3 Å². The number of hydrogen-bond donors (Lipinski definition) is 2. The van der Waals surface area contributed by atoms with Crippen molar-refractivity contribution in [3.05, 3.63) is 0 Å². The van der Waals surface area contributed by atoms with Gasteiger partial charge in [-0.25, -0.2) is 0 Å². The highest BCUT2D eigenvalue weighted by Gasteiger charge is 2.32. The summed E-state index contributed by atoms with van der Waals surface area (Å²) in [5, 5.41) is 15.3. The van der Waals surface area contributed by atoms with Gasteiger partial charge >= 0.3 is 0 Å². The van der Waals surface area contributed by atoms with Crippen molar-refractivity contribution < 1.29 is 18.8 Å². The van der Waals surface area contributed by atoms with E-state index in [0.717, 1.165) is 0 Å². The molecule has 1 aliphatic heterocycles. The topological polar surface area (TPSA) is 81.8 Å². The molecule has 3 N–H and O–H groups in total. The fourth-order valence-electron chi connectivity index (χ4n) is 1.83. The van der Waals surface area contributed by atoms with Crippen molar-refractivity contribution in [2.45, 2.75) is 44.2 Å². The van der Waals surface area contributed by atoms with E-state index < -0.39 is 16.2 Å². The monoisotopic (exact) mass is 276 g/mol. The van der Waals surface area contributed by atoms with Crippen LogP contribution in [0.2, 0.25) is 0 Å². The quantitative estimate of drug-likeness (QED) is 0.415. The van der Waals surface area contributed by atoms with Gasteiger partial charge in [-0.05, 0) is 6.42 Å². The van der Waals surface area contributed by atoms with Crippen molar-refractivity contribution in [3.8, 4) is 12.3 Å². The first-order chi connectivity index (χ1) is 8.42. The molecule has 1 fully saturated rings. The van der Waals surface area contributed by atoms with Gasteiger partial charge in [0.15, 0.2) is 6.29 Å². The molecule has 0 radical (unpaired) electrons. The molecule has 0 bridgehead atoms. The molecule has 0 aromatic carbocycles. The molecule has 4 atom stereocenters. The third-order valence-corrected chi connectivity index (χ3v) is 3.86. The zero-order valence-corrected chi connectivity index (χ0v) is 11.5. The molecule has 0 saturated carbocycles. The minimum Gasteiger partial charge on any atom is -0.390 e. The van der Waals surface area contributed by atoms with Crippen molar-refractivity contribution >= 4 is 10.1 Å². The molecule has 2 unspecified atom stereocenters. The average molecular weight is 276 g/mol. The number of terminal acetylenes is 1. The van der Waals surface area contributed by atoms with Gasteiger partial charge in [0.1, 0.15) is 22.1 Å². The van der Waals surface area contributed by atoms with Crippen LogP contribution in [-0.4, -0.2) is 42.2 Å². The van der Waals surface area contributed by atoms with Crippen LogP contribution in [-0.2, 0) is 23.8 Å². The first-order valence-corrected chi connectivity index (χ1v) is 8.25. The Hall–Kier alpha value is -0.450. The van der Waals surface area contributed by atoms with Crippen molar-refractivity contribution in [2.24, 2.45) is 5.14 Å². The molecule has 104 valence electrons. The van der Waals surface area contributed by atoms with E-state index in [2.05, 4.69) is 5.92 Å². The smallest absolute Gasteiger partial charge is 0.158 e. The Morgan fingerprint density at radius 3 is 2.94 bits per heavy atom. The maximum atomic E-state index is 11.4. The molecule has 0 aromatic heterocycles. The highest BCUT2D eigenvalue weighted by atomic mass is 32.3. The van der Waals surface area contributed by atoms with Gasteiger partial charge in [0.25, 0.3) is 0 Å². The molecule has 5 nitrogen and oxygen atoms in total. The average Bonchev–Trinajstić information content (AvgIpc) is 2.29. The Bertz CT molecular complexity index is 335. The van der Waals surface area contributed by atoms with Gasteiger partial charge in [-0.1, -0.05) is 4.21 Å². The molecule has 0 aromatic rings. The second-order valence-corrected chi connectivity index (χ2v) is 7.19. The summed E-state index contributed by atoms with van der Waals surface area (Å²) in [5.74, 6) is 2.83. The molecule has 0 amide bonds. The van der Waals surface area contributed by atoms with E-state index in [9.17, 15) is 9.32 Å². The van der Waals surface area contributed by atoms with E-state index in [0.29, 0.717) is 38.0 Å². The van der Waals surface area contributed by atoms with Crippen LogP contribution in [0.4, 0.5) is 0 Å². The number of aliphatic hydroxyl groups excluding tert-OH is 1. The Labute approximate surface area is 110 Å². The van der Waals surface area contributed by atoms with Crippen molar-refractivity contribution in [2.75, 3.05) is 18.6 Å². The summed E-state index contributed by atoms with van der Waals surface area (Å²) in [6, 6.07) is 0. The maximum Gasteiger partial charge on any atom is 0.158 e. The van der Waals surface area contributed by atoms with Gasteiger partial charge in [-0.15, -0.1) is 12.3 Å². The lowest BCUT2D eigenvalue weighted by atomic mass is 10.0. The largest absolute Gasteiger partial charge is 0.390 e. The summed E-state index contributed by atoms with van der Waals surface area (Å²) in [6.07, 6.45) is 7.67. The maximum absolute atomic E-state index is 11.4. The predicted molar refractivity (Wildman–Crippen MR) is 71.0 cm³/mol. The fourth-order valence-corrected chi connectivity index (χ4v) is 2.53. The molecular formula is C12H22NO4S+. The minimum atomic E-state index is -2.29. The number of hydrogen-bond acceptors (Lipinski definition) is 4. The number of ether oxygens (including phenoxy) is 2. The van der Waals surface area contributed by atoms with E-state index in [1.54, 1.807) is 0 Å². The van der Waals surface area contributed by atoms with Crippen LogP contribution in [0.1, 0.15) is 25.7 Å². The van der Waals surface area contributed by atoms with Crippen LogP contribution in [0.25, 0.3) is 0 Å². The Kier molecular flexibility index (Phi) is 6.26. The molecule has 1 rings (SSSR count). The van der Waals surface area contributed by atoms with Gasteiger partial charge in [-0.3, -0.25) is 0 Å². The number of nitrogens with two attached hydrogens (primary N) is 1. The summed E-state index contributed by atoms with van der Waals surface area (Å²) in [5.41, 5.74) is 0. The third-order valence-electron chi connectivity index (χ3n) is 2.81. The van der Waals surface area contributed by atoms with Crippen LogP contribution in [0.15, 0.2) is 0 Å². The first kappa shape index (κ1) is 15.6. The molecule has 1 heterocycles. The molecular weight excluding hydrogens is 254 g/mol. The summed E-state index contributed by atoms with van der Waals surface area (Å²) < 4.78 is 22.5. The Morgan fingerprint density at radius 2 is 2.33 bits per heavy atom. The van der Waals surface area contributed by atoms with Gasteiger partial charge < -0.3 is 14.6 Å². The summed E-state index contributed by atoms with van der Waals surface area (Å²) in [6.45, 7) is 0.450. The molecule has 0 aliphatic carbocycles. The van der Waals surface area contributed by atoms with Gasteiger partial charge in [-0.2, -0.15) is 5.14 Å². The lowest BCUT2D eigenvalue weighted by Crippen LogP contribution is -2.42. The molecule has 6 heteroatoms. The Balaban J connectivity index is 2.36. The summed E-state index contributed by atoms with van der Waals surface area (Å²) in [7, 11) is -2.29. The van der Waals surface area contributed by atoms with E-state index in [4.69, 9.17) is 21.0 Å². The zero-order chi connectivity index (χ0) is 13.6. The number of rotatable bonds is 6. The lowest BCUT2D eigenvalue weighted by molar-refractivity contribution is -0.221. The lowest BCUT2D eigenvalue weighted by Gasteiger charge is -2.33. The third kappa shape index (κ3) is 5.94. The highest BCUT2D eigenvalue weighted by Crippen LogP contribution is 2.23. The van der Waals surface area contributed by atoms with E-state index in [-0.39, 0.29) is 12.4 Å². The van der Waals surface area contributed by atoms with E-state index in [1.807, 2.05) is 0 Å². The minimum absolute atomic E-state index is 0.336. The second kappa shape index (κ2) is 7.22. The van der Waals surface area contributed by atoms with Crippen molar-refractivity contribution in [3.63, 3.8) is 0 Å². The van der Waals surface area contributed by atoms with Crippen LogP contribution < -0.4 is 5.14 Å². The van der Waals surface area contributed by atoms with Crippen molar-refractivity contribution in [1.29, 1.82) is 0 Å². The fraction of sp³-hybridized carbons (Fsp3) is 0.833. The SMILES string of the molecule is C#CCCOC1CC[C@H](O)[C@@H](CC[S+](C)(N)=O)O1. The molecule has 1 aliphatic rings. The standard InChI is InChI=1S/C12H22NO4S/c1-3-4-8-16-12-6-5-10(14)11(17-12)7-9-18(2,13)15/h1,10-12,14H,4-9H2,2H3,(H2,13,15)/q+1/t10-,11+,12?,18?/m0/s1. The second-order valence-electron chi connectivity index (χ2n) is 4.64. The van der Waals surface area contributed by atoms with Gasteiger partial charge in [0.2, 0.25) is 0 Å². The summed E-state index contributed by atoms with van der Waals surface area (Å²) >= 11 is 0.